The fourth-order valence-corrected chi connectivity index (χ4v) is 3.02. The van der Waals surface area contributed by atoms with Crippen LogP contribution in [-0.2, 0) is 17.8 Å². The first-order chi connectivity index (χ1) is 10.3. The zero-order chi connectivity index (χ0) is 15.1. The van der Waals surface area contributed by atoms with Crippen LogP contribution in [0.1, 0.15) is 44.7 Å². The second-order valence-electron chi connectivity index (χ2n) is 5.92. The van der Waals surface area contributed by atoms with E-state index in [9.17, 15) is 4.79 Å². The van der Waals surface area contributed by atoms with E-state index in [4.69, 9.17) is 5.73 Å². The molecule has 21 heavy (non-hydrogen) atoms. The Balaban J connectivity index is 2.00. The number of carbonyl (C=O) groups excluding carboxylic acids is 1. The largest absolute Gasteiger partial charge is 0.342 e. The number of rotatable bonds is 6. The molecule has 1 aliphatic heterocycles. The predicted octanol–water partition coefficient (Wildman–Crippen LogP) is 1.81. The average molecular weight is 292 g/mol. The second kappa shape index (κ2) is 8.17. The van der Waals surface area contributed by atoms with Crippen LogP contribution in [0.2, 0.25) is 0 Å². The van der Waals surface area contributed by atoms with Crippen LogP contribution in [0.15, 0.2) is 12.3 Å². The molecular formula is C16H28N4O. The van der Waals surface area contributed by atoms with Crippen molar-refractivity contribution in [1.29, 1.82) is 0 Å². The zero-order valence-electron chi connectivity index (χ0n) is 13.1. The van der Waals surface area contributed by atoms with Crippen LogP contribution in [0.4, 0.5) is 0 Å². The van der Waals surface area contributed by atoms with Gasteiger partial charge in [0.15, 0.2) is 0 Å². The molecule has 2 rings (SSSR count). The lowest BCUT2D eigenvalue weighted by Crippen LogP contribution is -2.40. The van der Waals surface area contributed by atoms with Gasteiger partial charge in [0.2, 0.25) is 5.91 Å². The number of nitrogens with zero attached hydrogens (tertiary/aromatic N) is 3. The van der Waals surface area contributed by atoms with Crippen LogP contribution in [0, 0.1) is 5.92 Å². The Hall–Kier alpha value is -1.36. The third-order valence-corrected chi connectivity index (χ3v) is 4.25. The zero-order valence-corrected chi connectivity index (χ0v) is 13.1. The van der Waals surface area contributed by atoms with Gasteiger partial charge in [0.05, 0.1) is 5.92 Å². The average Bonchev–Trinajstić information content (AvgIpc) is 2.76. The van der Waals surface area contributed by atoms with Gasteiger partial charge in [0.25, 0.3) is 0 Å². The van der Waals surface area contributed by atoms with E-state index in [1.165, 1.54) is 12.8 Å². The highest BCUT2D eigenvalue weighted by Crippen LogP contribution is 2.16. The number of carbonyl (C=O) groups is 1. The molecule has 0 saturated carbocycles. The van der Waals surface area contributed by atoms with Crippen LogP contribution in [0.25, 0.3) is 0 Å². The fraction of sp³-hybridized carbons (Fsp3) is 0.750. The summed E-state index contributed by atoms with van der Waals surface area (Å²) >= 11 is 0. The molecule has 0 radical (unpaired) electrons. The number of aromatic nitrogens is 2. The summed E-state index contributed by atoms with van der Waals surface area (Å²) < 4.78 is 2.00. The molecule has 2 heterocycles. The second-order valence-corrected chi connectivity index (χ2v) is 5.92. The van der Waals surface area contributed by atoms with E-state index in [1.807, 2.05) is 21.8 Å². The maximum atomic E-state index is 12.7. The molecule has 1 amide bonds. The van der Waals surface area contributed by atoms with Crippen molar-refractivity contribution in [3.8, 4) is 0 Å². The van der Waals surface area contributed by atoms with Gasteiger partial charge < -0.3 is 10.6 Å². The Morgan fingerprint density at radius 1 is 1.33 bits per heavy atom. The molecule has 1 atom stereocenters. The predicted molar refractivity (Wildman–Crippen MR) is 83.8 cm³/mol. The minimum absolute atomic E-state index is 0.115. The molecule has 1 fully saturated rings. The van der Waals surface area contributed by atoms with Crippen molar-refractivity contribution in [3.05, 3.63) is 18.0 Å². The van der Waals surface area contributed by atoms with Gasteiger partial charge >= 0.3 is 0 Å². The van der Waals surface area contributed by atoms with Crippen molar-refractivity contribution in [2.75, 3.05) is 19.6 Å². The Morgan fingerprint density at radius 2 is 2.05 bits per heavy atom. The van der Waals surface area contributed by atoms with Crippen LogP contribution in [-0.4, -0.2) is 40.2 Å². The van der Waals surface area contributed by atoms with E-state index < -0.39 is 0 Å². The normalized spacial score (nSPS) is 17.5. The molecule has 5 heteroatoms. The molecule has 2 N–H and O–H groups in total. The van der Waals surface area contributed by atoms with Gasteiger partial charge in [0, 0.05) is 44.5 Å². The number of likely N-dealkylation sites (tertiary alicyclic amines) is 1. The summed E-state index contributed by atoms with van der Waals surface area (Å²) in [5.41, 5.74) is 7.00. The lowest BCUT2D eigenvalue weighted by Gasteiger charge is -2.25. The van der Waals surface area contributed by atoms with Gasteiger partial charge in [-0.3, -0.25) is 9.48 Å². The smallest absolute Gasteiger partial charge is 0.227 e. The molecule has 1 saturated heterocycles. The minimum atomic E-state index is -0.115. The highest BCUT2D eigenvalue weighted by Gasteiger charge is 2.25. The van der Waals surface area contributed by atoms with Crippen LogP contribution < -0.4 is 5.73 Å². The van der Waals surface area contributed by atoms with Crippen LogP contribution >= 0.6 is 0 Å². The van der Waals surface area contributed by atoms with E-state index >= 15 is 0 Å². The number of hydrogen-bond donors (Lipinski definition) is 1. The van der Waals surface area contributed by atoms with Crippen molar-refractivity contribution in [1.82, 2.24) is 14.7 Å². The topological polar surface area (TPSA) is 64.2 Å². The molecule has 0 bridgehead atoms. The fourth-order valence-electron chi connectivity index (χ4n) is 3.02. The summed E-state index contributed by atoms with van der Waals surface area (Å²) in [5, 5.41) is 4.33. The van der Waals surface area contributed by atoms with Crippen molar-refractivity contribution in [2.45, 2.75) is 52.0 Å². The van der Waals surface area contributed by atoms with Crippen molar-refractivity contribution in [3.63, 3.8) is 0 Å². The Bertz CT molecular complexity index is 435. The summed E-state index contributed by atoms with van der Waals surface area (Å²) in [7, 11) is 0. The van der Waals surface area contributed by atoms with E-state index in [-0.39, 0.29) is 11.8 Å². The summed E-state index contributed by atoms with van der Waals surface area (Å²) in [6.45, 7) is 5.23. The molecule has 1 aromatic heterocycles. The third kappa shape index (κ3) is 4.30. The van der Waals surface area contributed by atoms with E-state index in [0.29, 0.717) is 13.0 Å². The van der Waals surface area contributed by atoms with Gasteiger partial charge in [-0.15, -0.1) is 0 Å². The monoisotopic (exact) mass is 292 g/mol. The van der Waals surface area contributed by atoms with Crippen LogP contribution in [0.3, 0.4) is 0 Å². The standard InChI is InChI=1S/C16H28N4O/c1-2-9-20-15(7-8-18-20)12-14(13-17)16(21)19-10-5-3-4-6-11-19/h7-8,14H,2-6,9-13,17H2,1H3. The van der Waals surface area contributed by atoms with E-state index in [0.717, 1.165) is 44.6 Å². The summed E-state index contributed by atoms with van der Waals surface area (Å²) in [4.78, 5) is 14.7. The van der Waals surface area contributed by atoms with E-state index in [1.54, 1.807) is 0 Å². The number of nitrogens with two attached hydrogens (primary N) is 1. The van der Waals surface area contributed by atoms with Crippen LogP contribution in [0.5, 0.6) is 0 Å². The van der Waals surface area contributed by atoms with Gasteiger partial charge in [-0.05, 0) is 25.3 Å². The van der Waals surface area contributed by atoms with Crippen molar-refractivity contribution >= 4 is 5.91 Å². The third-order valence-electron chi connectivity index (χ3n) is 4.25. The SMILES string of the molecule is CCCn1nccc1CC(CN)C(=O)N1CCCCCC1. The Kier molecular flexibility index (Phi) is 6.23. The number of aryl methyl sites for hydroxylation is 1. The van der Waals surface area contributed by atoms with Gasteiger partial charge in [-0.2, -0.15) is 5.10 Å². The van der Waals surface area contributed by atoms with Crippen molar-refractivity contribution < 1.29 is 4.79 Å². The molecule has 1 aromatic rings. The van der Waals surface area contributed by atoms with Gasteiger partial charge in [-0.1, -0.05) is 19.8 Å². The molecule has 0 aliphatic carbocycles. The van der Waals surface area contributed by atoms with Gasteiger partial charge in [0.1, 0.15) is 0 Å². The first-order valence-electron chi connectivity index (χ1n) is 8.25. The maximum absolute atomic E-state index is 12.7. The molecule has 0 spiro atoms. The molecule has 1 unspecified atom stereocenters. The molecule has 118 valence electrons. The minimum Gasteiger partial charge on any atom is -0.342 e. The molecule has 0 aromatic carbocycles. The molecule has 1 aliphatic rings. The summed E-state index contributed by atoms with van der Waals surface area (Å²) in [5.74, 6) is 0.110. The molecule has 5 nitrogen and oxygen atoms in total. The lowest BCUT2D eigenvalue weighted by molar-refractivity contribution is -0.135. The first-order valence-corrected chi connectivity index (χ1v) is 8.25. The maximum Gasteiger partial charge on any atom is 0.227 e. The van der Waals surface area contributed by atoms with E-state index in [2.05, 4.69) is 12.0 Å². The lowest BCUT2D eigenvalue weighted by atomic mass is 10.0. The molecular weight excluding hydrogens is 264 g/mol. The quantitative estimate of drug-likeness (QED) is 0.869. The number of amides is 1. The van der Waals surface area contributed by atoms with Gasteiger partial charge in [-0.25, -0.2) is 0 Å². The Morgan fingerprint density at radius 3 is 2.67 bits per heavy atom. The number of hydrogen-bond acceptors (Lipinski definition) is 3. The van der Waals surface area contributed by atoms with Crippen molar-refractivity contribution in [2.24, 2.45) is 11.7 Å². The Labute approximate surface area is 127 Å². The highest BCUT2D eigenvalue weighted by atomic mass is 16.2. The highest BCUT2D eigenvalue weighted by molar-refractivity contribution is 5.79. The summed E-state index contributed by atoms with van der Waals surface area (Å²) in [6, 6.07) is 2.01. The first kappa shape index (κ1) is 16.0. The summed E-state index contributed by atoms with van der Waals surface area (Å²) in [6.07, 6.45) is 8.27.